The van der Waals surface area contributed by atoms with E-state index in [-0.39, 0.29) is 30.8 Å². The fraction of sp³-hybridized carbons (Fsp3) is 0.364. The van der Waals surface area contributed by atoms with Crippen LogP contribution in [0.3, 0.4) is 0 Å². The maximum Gasteiger partial charge on any atom is 0.407 e. The highest BCUT2D eigenvalue weighted by Gasteiger charge is 2.36. The standard InChI is InChI=1S/C33H36N2O6/c1-22(40-20-24-9-3-2-4-10-24)31(32(38)35-18-17-23(19-35)15-16-30(36)37)34-33(39)41-21-29-27-13-7-5-11-25(27)26-12-6-8-14-28(26)29/h2-14,22-23,29,31H,15-21H2,1H3,(H,34,39)(H,36,37)/t22-,23?,31+/m0/s1. The van der Waals surface area contributed by atoms with E-state index in [2.05, 4.69) is 29.6 Å². The molecule has 1 aliphatic heterocycles. The lowest BCUT2D eigenvalue weighted by molar-refractivity contribution is -0.137. The number of fused-ring (bicyclic) bond motifs is 3. The molecule has 1 aliphatic carbocycles. The zero-order chi connectivity index (χ0) is 28.8. The average Bonchev–Trinajstić information content (AvgIpc) is 3.60. The number of aliphatic carboxylic acids is 1. The van der Waals surface area contributed by atoms with Crippen molar-refractivity contribution in [2.24, 2.45) is 5.92 Å². The SMILES string of the molecule is C[C@H](OCc1ccccc1)[C@@H](NC(=O)OCC1c2ccccc2-c2ccccc21)C(=O)N1CCC(CCC(=O)O)C1. The highest BCUT2D eigenvalue weighted by Crippen LogP contribution is 2.44. The van der Waals surface area contributed by atoms with Crippen LogP contribution in [0.2, 0.25) is 0 Å². The first kappa shape index (κ1) is 28.4. The summed E-state index contributed by atoms with van der Waals surface area (Å²) in [5, 5.41) is 11.8. The molecule has 3 aromatic carbocycles. The minimum atomic E-state index is -0.951. The summed E-state index contributed by atoms with van der Waals surface area (Å²) in [4.78, 5) is 39.5. The van der Waals surface area contributed by atoms with Crippen molar-refractivity contribution >= 4 is 18.0 Å². The van der Waals surface area contributed by atoms with Crippen LogP contribution in [0.15, 0.2) is 78.9 Å². The van der Waals surface area contributed by atoms with Gasteiger partial charge in [-0.25, -0.2) is 4.79 Å². The summed E-state index contributed by atoms with van der Waals surface area (Å²) in [5.41, 5.74) is 5.46. The summed E-state index contributed by atoms with van der Waals surface area (Å²) in [5.74, 6) is -1.07. The molecule has 5 rings (SSSR count). The Hall–Kier alpha value is -4.17. The number of carboxylic acids is 1. The molecule has 41 heavy (non-hydrogen) atoms. The zero-order valence-corrected chi connectivity index (χ0v) is 23.2. The number of likely N-dealkylation sites (tertiary alicyclic amines) is 1. The summed E-state index contributed by atoms with van der Waals surface area (Å²) >= 11 is 0. The van der Waals surface area contributed by atoms with Crippen molar-refractivity contribution in [1.29, 1.82) is 0 Å². The second-order valence-electron chi connectivity index (χ2n) is 10.8. The Bertz CT molecular complexity index is 1330. The van der Waals surface area contributed by atoms with E-state index in [1.807, 2.05) is 54.6 Å². The van der Waals surface area contributed by atoms with E-state index in [0.717, 1.165) is 34.2 Å². The fourth-order valence-corrected chi connectivity index (χ4v) is 5.84. The normalized spacial score (nSPS) is 17.4. The number of amides is 2. The third-order valence-electron chi connectivity index (χ3n) is 8.07. The average molecular weight is 557 g/mol. The van der Waals surface area contributed by atoms with Crippen LogP contribution in [-0.2, 0) is 25.7 Å². The number of ether oxygens (including phenoxy) is 2. The Kier molecular flexibility index (Phi) is 8.99. The van der Waals surface area contributed by atoms with E-state index in [1.165, 1.54) is 0 Å². The maximum absolute atomic E-state index is 13.7. The van der Waals surface area contributed by atoms with E-state index in [1.54, 1.807) is 11.8 Å². The Labute approximate surface area is 240 Å². The van der Waals surface area contributed by atoms with Gasteiger partial charge in [0.1, 0.15) is 12.6 Å². The van der Waals surface area contributed by atoms with E-state index in [0.29, 0.717) is 26.1 Å². The summed E-state index contributed by atoms with van der Waals surface area (Å²) < 4.78 is 11.8. The second kappa shape index (κ2) is 13.0. The van der Waals surface area contributed by atoms with Crippen LogP contribution in [0, 0.1) is 5.92 Å². The first-order valence-corrected chi connectivity index (χ1v) is 14.2. The number of carbonyl (C=O) groups excluding carboxylic acids is 2. The van der Waals surface area contributed by atoms with Gasteiger partial charge in [-0.1, -0.05) is 78.9 Å². The van der Waals surface area contributed by atoms with Gasteiger partial charge in [0.05, 0.1) is 12.7 Å². The van der Waals surface area contributed by atoms with Crippen LogP contribution in [0.4, 0.5) is 4.79 Å². The third kappa shape index (κ3) is 6.77. The number of carboxylic acid groups (broad SMARTS) is 1. The number of nitrogens with zero attached hydrogens (tertiary/aromatic N) is 1. The number of rotatable bonds is 11. The first-order chi connectivity index (χ1) is 19.9. The predicted molar refractivity (Wildman–Crippen MR) is 154 cm³/mol. The lowest BCUT2D eigenvalue weighted by Crippen LogP contribution is -2.54. The highest BCUT2D eigenvalue weighted by atomic mass is 16.5. The Morgan fingerprint density at radius 3 is 2.24 bits per heavy atom. The molecule has 214 valence electrons. The predicted octanol–water partition coefficient (Wildman–Crippen LogP) is 5.21. The Balaban J connectivity index is 1.25. The minimum absolute atomic E-state index is 0.0741. The van der Waals surface area contributed by atoms with Gasteiger partial charge in [0.25, 0.3) is 0 Å². The molecular weight excluding hydrogens is 520 g/mol. The van der Waals surface area contributed by atoms with Crippen molar-refractivity contribution in [2.45, 2.75) is 50.9 Å². The van der Waals surface area contributed by atoms with Gasteiger partial charge in [-0.15, -0.1) is 0 Å². The van der Waals surface area contributed by atoms with Crippen LogP contribution in [-0.4, -0.2) is 59.8 Å². The summed E-state index contributed by atoms with van der Waals surface area (Å²) in [6.07, 6.45) is 0.0212. The molecule has 0 aromatic heterocycles. The number of alkyl carbamates (subject to hydrolysis) is 1. The number of carbonyl (C=O) groups is 3. The molecule has 2 aliphatic rings. The van der Waals surface area contributed by atoms with Gasteiger partial charge in [-0.2, -0.15) is 0 Å². The van der Waals surface area contributed by atoms with Crippen molar-refractivity contribution in [1.82, 2.24) is 10.2 Å². The lowest BCUT2D eigenvalue weighted by Gasteiger charge is -2.29. The molecular formula is C33H36N2O6. The van der Waals surface area contributed by atoms with Gasteiger partial charge in [-0.3, -0.25) is 9.59 Å². The van der Waals surface area contributed by atoms with E-state index >= 15 is 0 Å². The Morgan fingerprint density at radius 2 is 1.59 bits per heavy atom. The third-order valence-corrected chi connectivity index (χ3v) is 8.07. The molecule has 0 radical (unpaired) electrons. The number of nitrogens with one attached hydrogen (secondary N) is 1. The Morgan fingerprint density at radius 1 is 0.951 bits per heavy atom. The van der Waals surface area contributed by atoms with Crippen molar-refractivity contribution in [3.63, 3.8) is 0 Å². The van der Waals surface area contributed by atoms with Crippen molar-refractivity contribution in [3.05, 3.63) is 95.6 Å². The number of hydrogen-bond donors (Lipinski definition) is 2. The molecule has 2 amide bonds. The highest BCUT2D eigenvalue weighted by molar-refractivity contribution is 5.86. The second-order valence-corrected chi connectivity index (χ2v) is 10.8. The summed E-state index contributed by atoms with van der Waals surface area (Å²) in [6, 6.07) is 24.9. The first-order valence-electron chi connectivity index (χ1n) is 14.2. The maximum atomic E-state index is 13.7. The van der Waals surface area contributed by atoms with E-state index < -0.39 is 24.2 Å². The molecule has 1 fully saturated rings. The van der Waals surface area contributed by atoms with Crippen LogP contribution in [0.25, 0.3) is 11.1 Å². The summed E-state index contributed by atoms with van der Waals surface area (Å²) in [7, 11) is 0. The molecule has 0 saturated carbocycles. The fourth-order valence-electron chi connectivity index (χ4n) is 5.84. The van der Waals surface area contributed by atoms with E-state index in [4.69, 9.17) is 14.6 Å². The zero-order valence-electron chi connectivity index (χ0n) is 23.2. The van der Waals surface area contributed by atoms with Gasteiger partial charge in [0.2, 0.25) is 5.91 Å². The van der Waals surface area contributed by atoms with Gasteiger partial charge in [0, 0.05) is 25.4 Å². The molecule has 3 atom stereocenters. The monoisotopic (exact) mass is 556 g/mol. The van der Waals surface area contributed by atoms with Gasteiger partial charge in [0.15, 0.2) is 0 Å². The molecule has 8 heteroatoms. The van der Waals surface area contributed by atoms with E-state index in [9.17, 15) is 14.4 Å². The van der Waals surface area contributed by atoms with Crippen molar-refractivity contribution < 1.29 is 29.0 Å². The molecule has 1 unspecified atom stereocenters. The van der Waals surface area contributed by atoms with Gasteiger partial charge in [-0.05, 0) is 53.5 Å². The molecule has 8 nitrogen and oxygen atoms in total. The molecule has 2 N–H and O–H groups in total. The van der Waals surface area contributed by atoms with Crippen LogP contribution < -0.4 is 5.32 Å². The topological polar surface area (TPSA) is 105 Å². The van der Waals surface area contributed by atoms with Gasteiger partial charge >= 0.3 is 12.1 Å². The van der Waals surface area contributed by atoms with Crippen molar-refractivity contribution in [3.8, 4) is 11.1 Å². The molecule has 0 bridgehead atoms. The molecule has 0 spiro atoms. The summed E-state index contributed by atoms with van der Waals surface area (Å²) in [6.45, 7) is 3.17. The van der Waals surface area contributed by atoms with Crippen LogP contribution >= 0.6 is 0 Å². The smallest absolute Gasteiger partial charge is 0.407 e. The molecule has 3 aromatic rings. The lowest BCUT2D eigenvalue weighted by atomic mass is 9.98. The number of benzene rings is 3. The van der Waals surface area contributed by atoms with Crippen LogP contribution in [0.1, 0.15) is 48.8 Å². The number of hydrogen-bond acceptors (Lipinski definition) is 5. The van der Waals surface area contributed by atoms with Gasteiger partial charge < -0.3 is 24.8 Å². The molecule has 1 heterocycles. The van der Waals surface area contributed by atoms with Crippen molar-refractivity contribution in [2.75, 3.05) is 19.7 Å². The minimum Gasteiger partial charge on any atom is -0.481 e. The molecule has 1 saturated heterocycles. The largest absolute Gasteiger partial charge is 0.481 e. The quantitative estimate of drug-likeness (QED) is 0.336. The van der Waals surface area contributed by atoms with Crippen LogP contribution in [0.5, 0.6) is 0 Å².